The van der Waals surface area contributed by atoms with Crippen LogP contribution in [0.4, 0.5) is 0 Å². The Bertz CT molecular complexity index is 468. The molecular weight excluding hydrogens is 224 g/mol. The first-order chi connectivity index (χ1) is 7.81. The van der Waals surface area contributed by atoms with Crippen molar-refractivity contribution in [2.24, 2.45) is 0 Å². The molecule has 84 valence electrons. The summed E-state index contributed by atoms with van der Waals surface area (Å²) < 4.78 is 5.16. The fourth-order valence-electron chi connectivity index (χ4n) is 1.51. The zero-order chi connectivity index (χ0) is 11.4. The van der Waals surface area contributed by atoms with E-state index in [2.05, 4.69) is 10.1 Å². The lowest BCUT2D eigenvalue weighted by molar-refractivity contribution is 0.378. The van der Waals surface area contributed by atoms with E-state index in [0.29, 0.717) is 17.6 Å². The van der Waals surface area contributed by atoms with E-state index in [4.69, 9.17) is 16.1 Å². The highest BCUT2D eigenvalue weighted by molar-refractivity contribution is 6.17. The summed E-state index contributed by atoms with van der Waals surface area (Å²) >= 11 is 5.61. The molecule has 1 heterocycles. The summed E-state index contributed by atoms with van der Waals surface area (Å²) in [5.41, 5.74) is 2.16. The number of benzene rings is 1. The highest BCUT2D eigenvalue weighted by Gasteiger charge is 2.09. The molecule has 2 aromatic rings. The maximum absolute atomic E-state index is 5.61. The summed E-state index contributed by atoms with van der Waals surface area (Å²) in [7, 11) is 0. The minimum Gasteiger partial charge on any atom is -0.339 e. The van der Waals surface area contributed by atoms with Gasteiger partial charge in [-0.2, -0.15) is 4.98 Å². The SMILES string of the molecule is Cc1ccccc1-c1noc(CCCCl)n1. The van der Waals surface area contributed by atoms with Crippen molar-refractivity contribution in [3.8, 4) is 11.4 Å². The minimum atomic E-state index is 0.613. The second kappa shape index (κ2) is 5.12. The van der Waals surface area contributed by atoms with Crippen molar-refractivity contribution < 1.29 is 4.52 Å². The molecule has 3 nitrogen and oxygen atoms in total. The van der Waals surface area contributed by atoms with Gasteiger partial charge >= 0.3 is 0 Å². The van der Waals surface area contributed by atoms with Crippen LogP contribution in [0.5, 0.6) is 0 Å². The Kier molecular flexibility index (Phi) is 3.57. The van der Waals surface area contributed by atoms with E-state index in [9.17, 15) is 0 Å². The molecule has 0 aliphatic heterocycles. The maximum Gasteiger partial charge on any atom is 0.227 e. The number of halogens is 1. The fourth-order valence-corrected chi connectivity index (χ4v) is 1.64. The topological polar surface area (TPSA) is 38.9 Å². The van der Waals surface area contributed by atoms with E-state index in [1.165, 1.54) is 0 Å². The molecule has 1 aromatic carbocycles. The average Bonchev–Trinajstić information content (AvgIpc) is 2.75. The van der Waals surface area contributed by atoms with E-state index >= 15 is 0 Å². The second-order valence-electron chi connectivity index (χ2n) is 3.62. The Labute approximate surface area is 99.4 Å². The first-order valence-corrected chi connectivity index (χ1v) is 5.79. The van der Waals surface area contributed by atoms with Crippen LogP contribution in [0.1, 0.15) is 17.9 Å². The molecule has 0 amide bonds. The van der Waals surface area contributed by atoms with Gasteiger partial charge in [0.15, 0.2) is 0 Å². The molecule has 0 saturated heterocycles. The number of rotatable bonds is 4. The first-order valence-electron chi connectivity index (χ1n) is 5.26. The molecule has 0 N–H and O–H groups in total. The Balaban J connectivity index is 2.22. The molecule has 0 radical (unpaired) electrons. The predicted molar refractivity (Wildman–Crippen MR) is 63.5 cm³/mol. The summed E-state index contributed by atoms with van der Waals surface area (Å²) in [6.45, 7) is 2.03. The van der Waals surface area contributed by atoms with Gasteiger partial charge in [-0.1, -0.05) is 29.4 Å². The lowest BCUT2D eigenvalue weighted by Gasteiger charge is -1.97. The monoisotopic (exact) mass is 236 g/mol. The normalized spacial score (nSPS) is 10.6. The molecule has 16 heavy (non-hydrogen) atoms. The van der Waals surface area contributed by atoms with Gasteiger partial charge < -0.3 is 4.52 Å². The lowest BCUT2D eigenvalue weighted by atomic mass is 10.1. The zero-order valence-corrected chi connectivity index (χ0v) is 9.87. The number of hydrogen-bond donors (Lipinski definition) is 0. The fraction of sp³-hybridized carbons (Fsp3) is 0.333. The molecule has 1 aromatic heterocycles. The number of hydrogen-bond acceptors (Lipinski definition) is 3. The van der Waals surface area contributed by atoms with Crippen LogP contribution in [0.3, 0.4) is 0 Å². The quantitative estimate of drug-likeness (QED) is 0.766. The van der Waals surface area contributed by atoms with Gasteiger partial charge in [0.2, 0.25) is 11.7 Å². The summed E-state index contributed by atoms with van der Waals surface area (Å²) in [5.74, 6) is 1.92. The van der Waals surface area contributed by atoms with Crippen LogP contribution in [0.15, 0.2) is 28.8 Å². The third-order valence-electron chi connectivity index (χ3n) is 2.38. The van der Waals surface area contributed by atoms with Crippen molar-refractivity contribution in [1.82, 2.24) is 10.1 Å². The highest BCUT2D eigenvalue weighted by Crippen LogP contribution is 2.19. The molecule has 0 fully saturated rings. The van der Waals surface area contributed by atoms with Crippen molar-refractivity contribution in [2.45, 2.75) is 19.8 Å². The van der Waals surface area contributed by atoms with Gasteiger partial charge in [-0.15, -0.1) is 11.6 Å². The predicted octanol–water partition coefficient (Wildman–Crippen LogP) is 3.22. The Morgan fingerprint density at radius 3 is 2.88 bits per heavy atom. The van der Waals surface area contributed by atoms with Crippen LogP contribution in [-0.4, -0.2) is 16.0 Å². The van der Waals surface area contributed by atoms with Gasteiger partial charge in [-0.3, -0.25) is 0 Å². The van der Waals surface area contributed by atoms with E-state index in [1.807, 2.05) is 31.2 Å². The van der Waals surface area contributed by atoms with E-state index in [1.54, 1.807) is 0 Å². The van der Waals surface area contributed by atoms with Crippen molar-refractivity contribution in [2.75, 3.05) is 5.88 Å². The summed E-state index contributed by atoms with van der Waals surface area (Å²) in [6, 6.07) is 7.99. The highest BCUT2D eigenvalue weighted by atomic mass is 35.5. The molecule has 0 atom stereocenters. The Morgan fingerprint density at radius 1 is 1.31 bits per heavy atom. The molecule has 0 aliphatic rings. The molecule has 0 aliphatic carbocycles. The third kappa shape index (κ3) is 2.42. The van der Waals surface area contributed by atoms with Crippen molar-refractivity contribution in [1.29, 1.82) is 0 Å². The Hall–Kier alpha value is -1.35. The van der Waals surface area contributed by atoms with Gasteiger partial charge in [-0.05, 0) is 18.9 Å². The van der Waals surface area contributed by atoms with Gasteiger partial charge in [0.05, 0.1) is 0 Å². The van der Waals surface area contributed by atoms with Crippen LogP contribution in [0.25, 0.3) is 11.4 Å². The second-order valence-corrected chi connectivity index (χ2v) is 4.00. The van der Waals surface area contributed by atoms with Crippen LogP contribution in [0.2, 0.25) is 0 Å². The summed E-state index contributed by atoms with van der Waals surface area (Å²) in [4.78, 5) is 4.34. The largest absolute Gasteiger partial charge is 0.339 e. The molecular formula is C12H13ClN2O. The molecule has 0 bridgehead atoms. The van der Waals surface area contributed by atoms with Crippen LogP contribution >= 0.6 is 11.6 Å². The zero-order valence-electron chi connectivity index (χ0n) is 9.11. The van der Waals surface area contributed by atoms with Crippen molar-refractivity contribution in [3.05, 3.63) is 35.7 Å². The number of nitrogens with zero attached hydrogens (tertiary/aromatic N) is 2. The lowest BCUT2D eigenvalue weighted by Crippen LogP contribution is -1.88. The van der Waals surface area contributed by atoms with Gasteiger partial charge in [-0.25, -0.2) is 0 Å². The van der Waals surface area contributed by atoms with Crippen molar-refractivity contribution in [3.63, 3.8) is 0 Å². The number of aromatic nitrogens is 2. The first kappa shape index (κ1) is 11.1. The number of alkyl halides is 1. The standard InChI is InChI=1S/C12H13ClN2O/c1-9-5-2-3-6-10(9)12-14-11(16-15-12)7-4-8-13/h2-3,5-6H,4,7-8H2,1H3. The summed E-state index contributed by atoms with van der Waals surface area (Å²) in [5, 5.41) is 3.97. The van der Waals surface area contributed by atoms with Crippen LogP contribution in [0, 0.1) is 6.92 Å². The smallest absolute Gasteiger partial charge is 0.227 e. The molecule has 0 spiro atoms. The molecule has 2 rings (SSSR count). The minimum absolute atomic E-state index is 0.613. The van der Waals surface area contributed by atoms with Gasteiger partial charge in [0.1, 0.15) is 0 Å². The van der Waals surface area contributed by atoms with Crippen molar-refractivity contribution >= 4 is 11.6 Å². The maximum atomic E-state index is 5.61. The third-order valence-corrected chi connectivity index (χ3v) is 2.65. The van der Waals surface area contributed by atoms with E-state index in [-0.39, 0.29) is 0 Å². The number of aryl methyl sites for hydroxylation is 2. The van der Waals surface area contributed by atoms with Crippen LogP contribution < -0.4 is 0 Å². The molecule has 0 saturated carbocycles. The molecule has 4 heteroatoms. The van der Waals surface area contributed by atoms with E-state index < -0.39 is 0 Å². The van der Waals surface area contributed by atoms with Crippen LogP contribution in [-0.2, 0) is 6.42 Å². The average molecular weight is 237 g/mol. The van der Waals surface area contributed by atoms with Gasteiger partial charge in [0.25, 0.3) is 0 Å². The van der Waals surface area contributed by atoms with Gasteiger partial charge in [0, 0.05) is 17.9 Å². The molecule has 0 unspecified atom stereocenters. The summed E-state index contributed by atoms with van der Waals surface area (Å²) in [6.07, 6.45) is 1.60. The Morgan fingerprint density at radius 2 is 2.12 bits per heavy atom. The van der Waals surface area contributed by atoms with E-state index in [0.717, 1.165) is 24.0 Å².